The normalized spacial score (nSPS) is 10.9. The minimum atomic E-state index is 0.392. The van der Waals surface area contributed by atoms with Crippen molar-refractivity contribution >= 4 is 38.7 Å². The highest BCUT2D eigenvalue weighted by Gasteiger charge is 2.11. The Labute approximate surface area is 110 Å². The van der Waals surface area contributed by atoms with Gasteiger partial charge in [-0.25, -0.2) is 15.0 Å². The van der Waals surface area contributed by atoms with Crippen molar-refractivity contribution in [1.29, 1.82) is 0 Å². The van der Waals surface area contributed by atoms with Crippen LogP contribution in [0.25, 0.3) is 16.9 Å². The summed E-state index contributed by atoms with van der Waals surface area (Å²) in [7, 11) is 0. The summed E-state index contributed by atoms with van der Waals surface area (Å²) in [5, 5.41) is 0.392. The molecule has 0 aliphatic carbocycles. The predicted molar refractivity (Wildman–Crippen MR) is 69.4 cm³/mol. The summed E-state index contributed by atoms with van der Waals surface area (Å²) in [5.41, 5.74) is 2.24. The maximum absolute atomic E-state index is 6.08. The highest BCUT2D eigenvalue weighted by molar-refractivity contribution is 9.10. The Morgan fingerprint density at radius 3 is 2.76 bits per heavy atom. The summed E-state index contributed by atoms with van der Waals surface area (Å²) < 4.78 is 2.82. The van der Waals surface area contributed by atoms with Gasteiger partial charge in [0, 0.05) is 4.47 Å². The Bertz CT molecular complexity index is 695. The number of halogens is 2. The van der Waals surface area contributed by atoms with E-state index in [1.807, 2.05) is 28.8 Å². The zero-order chi connectivity index (χ0) is 11.8. The standard InChI is InChI=1S/C11H6BrClN4/c12-7-3-1-2-4-8(7)17-6-16-11-9(17)10(13)14-5-15-11/h1-6H. The largest absolute Gasteiger partial charge is 0.294 e. The van der Waals surface area contributed by atoms with Crippen LogP contribution in [-0.2, 0) is 0 Å². The molecule has 1 aromatic carbocycles. The lowest BCUT2D eigenvalue weighted by Gasteiger charge is -2.06. The lowest BCUT2D eigenvalue weighted by atomic mass is 10.3. The van der Waals surface area contributed by atoms with E-state index in [9.17, 15) is 0 Å². The van der Waals surface area contributed by atoms with Crippen LogP contribution in [0.1, 0.15) is 0 Å². The van der Waals surface area contributed by atoms with E-state index in [0.717, 1.165) is 10.2 Å². The smallest absolute Gasteiger partial charge is 0.182 e. The van der Waals surface area contributed by atoms with Crippen LogP contribution in [0, 0.1) is 0 Å². The Kier molecular flexibility index (Phi) is 2.57. The number of imidazole rings is 1. The molecule has 6 heteroatoms. The maximum atomic E-state index is 6.08. The zero-order valence-electron chi connectivity index (χ0n) is 8.51. The third-order valence-corrected chi connectivity index (χ3v) is 3.35. The van der Waals surface area contributed by atoms with Crippen molar-refractivity contribution in [2.45, 2.75) is 0 Å². The lowest BCUT2D eigenvalue weighted by molar-refractivity contribution is 1.08. The molecule has 0 amide bonds. The predicted octanol–water partition coefficient (Wildman–Crippen LogP) is 3.23. The van der Waals surface area contributed by atoms with E-state index in [4.69, 9.17) is 11.6 Å². The second-order valence-electron chi connectivity index (χ2n) is 3.40. The molecule has 2 aromatic heterocycles. The summed E-state index contributed by atoms with van der Waals surface area (Å²) in [6, 6.07) is 7.82. The summed E-state index contributed by atoms with van der Waals surface area (Å²) in [4.78, 5) is 12.3. The average molecular weight is 310 g/mol. The molecule has 3 aromatic rings. The van der Waals surface area contributed by atoms with E-state index in [-0.39, 0.29) is 0 Å². The summed E-state index contributed by atoms with van der Waals surface area (Å²) in [5.74, 6) is 0. The number of fused-ring (bicyclic) bond motifs is 1. The van der Waals surface area contributed by atoms with Gasteiger partial charge >= 0.3 is 0 Å². The maximum Gasteiger partial charge on any atom is 0.182 e. The molecule has 0 saturated heterocycles. The first-order chi connectivity index (χ1) is 8.27. The molecule has 17 heavy (non-hydrogen) atoms. The molecule has 0 aliphatic heterocycles. The molecule has 3 rings (SSSR count). The average Bonchev–Trinajstić information content (AvgIpc) is 2.75. The van der Waals surface area contributed by atoms with E-state index < -0.39 is 0 Å². The number of aromatic nitrogens is 4. The molecule has 0 aliphatic rings. The Hall–Kier alpha value is -1.46. The van der Waals surface area contributed by atoms with E-state index in [1.165, 1.54) is 6.33 Å². The Morgan fingerprint density at radius 1 is 1.12 bits per heavy atom. The van der Waals surface area contributed by atoms with Gasteiger partial charge in [0.25, 0.3) is 0 Å². The van der Waals surface area contributed by atoms with Gasteiger partial charge in [0.05, 0.1) is 5.69 Å². The van der Waals surface area contributed by atoms with Crippen LogP contribution in [0.4, 0.5) is 0 Å². The van der Waals surface area contributed by atoms with Crippen LogP contribution in [0.15, 0.2) is 41.4 Å². The minimum Gasteiger partial charge on any atom is -0.294 e. The molecule has 84 valence electrons. The molecule has 0 atom stereocenters. The first-order valence-electron chi connectivity index (χ1n) is 4.86. The van der Waals surface area contributed by atoms with Crippen LogP contribution in [0.3, 0.4) is 0 Å². The third kappa shape index (κ3) is 1.71. The lowest BCUT2D eigenvalue weighted by Crippen LogP contribution is -1.94. The van der Waals surface area contributed by atoms with Crippen molar-refractivity contribution in [2.24, 2.45) is 0 Å². The van der Waals surface area contributed by atoms with Gasteiger partial charge in [0.2, 0.25) is 0 Å². The molecule has 0 fully saturated rings. The molecular weight excluding hydrogens is 304 g/mol. The van der Waals surface area contributed by atoms with Gasteiger partial charge in [-0.2, -0.15) is 0 Å². The highest BCUT2D eigenvalue weighted by atomic mass is 79.9. The number of benzene rings is 1. The number of para-hydroxylation sites is 1. The molecule has 0 saturated carbocycles. The quantitative estimate of drug-likeness (QED) is 0.648. The molecule has 4 nitrogen and oxygen atoms in total. The number of rotatable bonds is 1. The monoisotopic (exact) mass is 308 g/mol. The van der Waals surface area contributed by atoms with Crippen molar-refractivity contribution < 1.29 is 0 Å². The van der Waals surface area contributed by atoms with E-state index >= 15 is 0 Å². The SMILES string of the molecule is Clc1ncnc2ncn(-c3ccccc3Br)c12. The van der Waals surface area contributed by atoms with Gasteiger partial charge in [-0.05, 0) is 28.1 Å². The molecular formula is C11H6BrClN4. The fourth-order valence-corrected chi connectivity index (χ4v) is 2.35. The van der Waals surface area contributed by atoms with E-state index in [0.29, 0.717) is 16.3 Å². The molecule has 2 heterocycles. The number of nitrogens with zero attached hydrogens (tertiary/aromatic N) is 4. The van der Waals surface area contributed by atoms with Crippen molar-refractivity contribution in [2.75, 3.05) is 0 Å². The minimum absolute atomic E-state index is 0.392. The van der Waals surface area contributed by atoms with Gasteiger partial charge < -0.3 is 0 Å². The molecule has 0 spiro atoms. The highest BCUT2D eigenvalue weighted by Crippen LogP contribution is 2.26. The summed E-state index contributed by atoms with van der Waals surface area (Å²) in [6.45, 7) is 0. The fourth-order valence-electron chi connectivity index (χ4n) is 1.65. The Morgan fingerprint density at radius 2 is 1.94 bits per heavy atom. The number of hydrogen-bond acceptors (Lipinski definition) is 3. The van der Waals surface area contributed by atoms with Crippen LogP contribution in [0.5, 0.6) is 0 Å². The van der Waals surface area contributed by atoms with Gasteiger partial charge in [0.1, 0.15) is 18.2 Å². The summed E-state index contributed by atoms with van der Waals surface area (Å²) in [6.07, 6.45) is 3.09. The molecule has 0 bridgehead atoms. The van der Waals surface area contributed by atoms with Crippen molar-refractivity contribution in [3.8, 4) is 5.69 Å². The van der Waals surface area contributed by atoms with Crippen LogP contribution in [-0.4, -0.2) is 19.5 Å². The van der Waals surface area contributed by atoms with Gasteiger partial charge in [-0.1, -0.05) is 23.7 Å². The van der Waals surface area contributed by atoms with Gasteiger partial charge in [-0.15, -0.1) is 0 Å². The Balaban J connectivity index is 2.36. The molecule has 0 N–H and O–H groups in total. The first-order valence-corrected chi connectivity index (χ1v) is 6.03. The summed E-state index contributed by atoms with van der Waals surface area (Å²) >= 11 is 9.57. The van der Waals surface area contributed by atoms with Gasteiger partial charge in [0.15, 0.2) is 10.8 Å². The first kappa shape index (κ1) is 10.7. The second-order valence-corrected chi connectivity index (χ2v) is 4.62. The van der Waals surface area contributed by atoms with Crippen LogP contribution < -0.4 is 0 Å². The number of hydrogen-bond donors (Lipinski definition) is 0. The van der Waals surface area contributed by atoms with Crippen LogP contribution >= 0.6 is 27.5 Å². The van der Waals surface area contributed by atoms with E-state index in [1.54, 1.807) is 6.33 Å². The second kappa shape index (κ2) is 4.09. The van der Waals surface area contributed by atoms with Crippen molar-refractivity contribution in [1.82, 2.24) is 19.5 Å². The van der Waals surface area contributed by atoms with E-state index in [2.05, 4.69) is 30.9 Å². The van der Waals surface area contributed by atoms with Crippen molar-refractivity contribution in [3.63, 3.8) is 0 Å². The third-order valence-electron chi connectivity index (χ3n) is 2.41. The van der Waals surface area contributed by atoms with Crippen LogP contribution in [0.2, 0.25) is 5.15 Å². The van der Waals surface area contributed by atoms with Gasteiger partial charge in [-0.3, -0.25) is 4.57 Å². The molecule has 0 radical (unpaired) electrons. The molecule has 0 unspecified atom stereocenters. The van der Waals surface area contributed by atoms with Crippen molar-refractivity contribution in [3.05, 3.63) is 46.5 Å². The zero-order valence-corrected chi connectivity index (χ0v) is 10.9. The fraction of sp³-hybridized carbons (Fsp3) is 0. The topological polar surface area (TPSA) is 43.6 Å².